The zero-order chi connectivity index (χ0) is 10.7. The highest BCUT2D eigenvalue weighted by Crippen LogP contribution is 2.05. The first-order chi connectivity index (χ1) is 7.29. The molecule has 4 nitrogen and oxygen atoms in total. The number of aliphatic imine (C=N–C) groups is 1. The van der Waals surface area contributed by atoms with Crippen LogP contribution >= 0.6 is 0 Å². The van der Waals surface area contributed by atoms with Crippen molar-refractivity contribution >= 4 is 11.9 Å². The van der Waals surface area contributed by atoms with Crippen LogP contribution in [0.15, 0.2) is 35.3 Å². The summed E-state index contributed by atoms with van der Waals surface area (Å²) in [4.78, 5) is 15.4. The number of nitrogens with one attached hydrogen (secondary N) is 2. The van der Waals surface area contributed by atoms with E-state index in [1.54, 1.807) is 7.05 Å². The summed E-state index contributed by atoms with van der Waals surface area (Å²) in [5.74, 6) is 0.542. The van der Waals surface area contributed by atoms with E-state index in [1.807, 2.05) is 30.3 Å². The highest BCUT2D eigenvalue weighted by Gasteiger charge is 2.27. The molecule has 1 aromatic rings. The summed E-state index contributed by atoms with van der Waals surface area (Å²) in [6.45, 7) is 0. The standard InChI is InChI=1S/C11H13N3O/c1-12-11-13-9(10(15)14-11)7-8-5-3-2-4-6-8/h2-6,9H,7H2,1H3,(H2,12,13,14,15). The highest BCUT2D eigenvalue weighted by atomic mass is 16.2. The Kier molecular flexibility index (Phi) is 2.67. The van der Waals surface area contributed by atoms with Gasteiger partial charge in [-0.3, -0.25) is 15.1 Å². The van der Waals surface area contributed by atoms with E-state index >= 15 is 0 Å². The number of hydrogen-bond acceptors (Lipinski definition) is 2. The molecule has 1 fully saturated rings. The fourth-order valence-corrected chi connectivity index (χ4v) is 1.58. The molecule has 1 atom stereocenters. The molecule has 1 amide bonds. The number of guanidine groups is 1. The van der Waals surface area contributed by atoms with Crippen LogP contribution in [0.2, 0.25) is 0 Å². The third-order valence-corrected chi connectivity index (χ3v) is 2.38. The van der Waals surface area contributed by atoms with Crippen LogP contribution in [0.3, 0.4) is 0 Å². The minimum atomic E-state index is -0.203. The van der Waals surface area contributed by atoms with Crippen LogP contribution in [0.1, 0.15) is 5.56 Å². The van der Waals surface area contributed by atoms with E-state index in [0.29, 0.717) is 12.4 Å². The number of nitrogens with zero attached hydrogens (tertiary/aromatic N) is 1. The molecule has 4 heteroatoms. The zero-order valence-electron chi connectivity index (χ0n) is 8.53. The quantitative estimate of drug-likeness (QED) is 0.726. The van der Waals surface area contributed by atoms with E-state index in [0.717, 1.165) is 5.56 Å². The predicted octanol–water partition coefficient (Wildman–Crippen LogP) is 0.303. The summed E-state index contributed by atoms with van der Waals surface area (Å²) in [6.07, 6.45) is 0.686. The maximum atomic E-state index is 11.5. The van der Waals surface area contributed by atoms with Crippen LogP contribution in [-0.2, 0) is 11.2 Å². The normalized spacial score (nSPS) is 22.6. The van der Waals surface area contributed by atoms with Crippen molar-refractivity contribution < 1.29 is 4.79 Å². The van der Waals surface area contributed by atoms with Gasteiger partial charge < -0.3 is 5.32 Å². The second kappa shape index (κ2) is 4.13. The highest BCUT2D eigenvalue weighted by molar-refractivity contribution is 6.06. The lowest BCUT2D eigenvalue weighted by Crippen LogP contribution is -2.31. The number of hydrogen-bond donors (Lipinski definition) is 2. The van der Waals surface area contributed by atoms with Crippen LogP contribution in [0.4, 0.5) is 0 Å². The van der Waals surface area contributed by atoms with Crippen LogP contribution in [0.25, 0.3) is 0 Å². The van der Waals surface area contributed by atoms with E-state index in [-0.39, 0.29) is 11.9 Å². The Bertz CT molecular complexity index is 386. The van der Waals surface area contributed by atoms with Crippen molar-refractivity contribution in [3.63, 3.8) is 0 Å². The van der Waals surface area contributed by atoms with Crippen LogP contribution < -0.4 is 10.6 Å². The van der Waals surface area contributed by atoms with E-state index in [4.69, 9.17) is 0 Å². The van der Waals surface area contributed by atoms with Crippen molar-refractivity contribution in [1.29, 1.82) is 0 Å². The lowest BCUT2D eigenvalue weighted by atomic mass is 10.1. The van der Waals surface area contributed by atoms with Crippen molar-refractivity contribution in [2.24, 2.45) is 4.99 Å². The predicted molar refractivity (Wildman–Crippen MR) is 58.6 cm³/mol. The van der Waals surface area contributed by atoms with Gasteiger partial charge in [0.05, 0.1) is 0 Å². The van der Waals surface area contributed by atoms with Gasteiger partial charge in [-0.15, -0.1) is 0 Å². The third kappa shape index (κ3) is 2.15. The van der Waals surface area contributed by atoms with Gasteiger partial charge in [-0.1, -0.05) is 30.3 Å². The van der Waals surface area contributed by atoms with Crippen LogP contribution in [-0.4, -0.2) is 25.0 Å². The zero-order valence-corrected chi connectivity index (χ0v) is 8.53. The molecule has 0 aromatic heterocycles. The maximum absolute atomic E-state index is 11.5. The molecule has 1 unspecified atom stereocenters. The van der Waals surface area contributed by atoms with Crippen molar-refractivity contribution in [2.75, 3.05) is 7.05 Å². The number of rotatable bonds is 2. The fraction of sp³-hybridized carbons (Fsp3) is 0.273. The van der Waals surface area contributed by atoms with Gasteiger partial charge in [0, 0.05) is 13.5 Å². The number of benzene rings is 1. The summed E-state index contributed by atoms with van der Waals surface area (Å²) in [5, 5.41) is 5.70. The third-order valence-electron chi connectivity index (χ3n) is 2.38. The Labute approximate surface area is 88.4 Å². The Hall–Kier alpha value is -1.84. The Morgan fingerprint density at radius 1 is 1.33 bits per heavy atom. The first kappa shape index (κ1) is 9.71. The van der Waals surface area contributed by atoms with E-state index in [9.17, 15) is 4.79 Å². The summed E-state index contributed by atoms with van der Waals surface area (Å²) >= 11 is 0. The molecule has 1 aliphatic heterocycles. The molecule has 2 rings (SSSR count). The van der Waals surface area contributed by atoms with Crippen LogP contribution in [0.5, 0.6) is 0 Å². The van der Waals surface area contributed by atoms with Gasteiger partial charge in [-0.2, -0.15) is 0 Å². The first-order valence-corrected chi connectivity index (χ1v) is 4.87. The molecule has 78 valence electrons. The minimum absolute atomic E-state index is 0.0144. The molecule has 0 spiro atoms. The molecule has 0 radical (unpaired) electrons. The summed E-state index contributed by atoms with van der Waals surface area (Å²) < 4.78 is 0. The molecule has 0 bridgehead atoms. The van der Waals surface area contributed by atoms with E-state index in [1.165, 1.54) is 0 Å². The van der Waals surface area contributed by atoms with Gasteiger partial charge in [-0.25, -0.2) is 0 Å². The lowest BCUT2D eigenvalue weighted by molar-refractivity contribution is -0.120. The average molecular weight is 203 g/mol. The van der Waals surface area contributed by atoms with E-state index < -0.39 is 0 Å². The smallest absolute Gasteiger partial charge is 0.249 e. The summed E-state index contributed by atoms with van der Waals surface area (Å²) in [7, 11) is 1.65. The Morgan fingerprint density at radius 2 is 2.07 bits per heavy atom. The molecule has 1 heterocycles. The summed E-state index contributed by atoms with van der Waals surface area (Å²) in [6, 6.07) is 9.72. The van der Waals surface area contributed by atoms with Crippen molar-refractivity contribution in [3.05, 3.63) is 35.9 Å². The lowest BCUT2D eigenvalue weighted by Gasteiger charge is -2.06. The molecular weight excluding hydrogens is 190 g/mol. The molecule has 0 saturated carbocycles. The van der Waals surface area contributed by atoms with Crippen molar-refractivity contribution in [1.82, 2.24) is 10.6 Å². The van der Waals surface area contributed by atoms with Gasteiger partial charge >= 0.3 is 0 Å². The molecular formula is C11H13N3O. The number of carbonyl (C=O) groups is 1. The summed E-state index contributed by atoms with van der Waals surface area (Å²) in [5.41, 5.74) is 1.14. The second-order valence-corrected chi connectivity index (χ2v) is 3.45. The van der Waals surface area contributed by atoms with Gasteiger partial charge in [0.2, 0.25) is 5.91 Å². The molecule has 1 saturated heterocycles. The maximum Gasteiger partial charge on any atom is 0.249 e. The van der Waals surface area contributed by atoms with Gasteiger partial charge in [-0.05, 0) is 5.56 Å². The topological polar surface area (TPSA) is 53.5 Å². The Balaban J connectivity index is 2.05. The SMILES string of the molecule is CN=C1NC(=O)C(Cc2ccccc2)N1. The van der Waals surface area contributed by atoms with E-state index in [2.05, 4.69) is 15.6 Å². The van der Waals surface area contributed by atoms with Gasteiger partial charge in [0.15, 0.2) is 5.96 Å². The molecule has 0 aliphatic carbocycles. The Morgan fingerprint density at radius 3 is 2.67 bits per heavy atom. The number of amides is 1. The fourth-order valence-electron chi connectivity index (χ4n) is 1.58. The average Bonchev–Trinajstić information content (AvgIpc) is 2.61. The molecule has 1 aromatic carbocycles. The van der Waals surface area contributed by atoms with Crippen molar-refractivity contribution in [3.8, 4) is 0 Å². The molecule has 1 aliphatic rings. The first-order valence-electron chi connectivity index (χ1n) is 4.87. The largest absolute Gasteiger partial charge is 0.344 e. The van der Waals surface area contributed by atoms with Gasteiger partial charge in [0.25, 0.3) is 0 Å². The van der Waals surface area contributed by atoms with Gasteiger partial charge in [0.1, 0.15) is 6.04 Å². The second-order valence-electron chi connectivity index (χ2n) is 3.45. The van der Waals surface area contributed by atoms with Crippen LogP contribution in [0, 0.1) is 0 Å². The monoisotopic (exact) mass is 203 g/mol. The molecule has 15 heavy (non-hydrogen) atoms. The molecule has 2 N–H and O–H groups in total. The van der Waals surface area contributed by atoms with Crippen molar-refractivity contribution in [2.45, 2.75) is 12.5 Å². The minimum Gasteiger partial charge on any atom is -0.344 e. The number of carbonyl (C=O) groups excluding carboxylic acids is 1.